The molecule has 3 aromatic heterocycles. The zero-order valence-corrected chi connectivity index (χ0v) is 15.6. The van der Waals surface area contributed by atoms with Crippen LogP contribution in [0.3, 0.4) is 0 Å². The van der Waals surface area contributed by atoms with E-state index in [1.54, 1.807) is 12.3 Å². The lowest BCUT2D eigenvalue weighted by molar-refractivity contribution is 0.0729. The largest absolute Gasteiger partial charge is 0.381 e. The Morgan fingerprint density at radius 1 is 1.39 bits per heavy atom. The normalized spacial score (nSPS) is 19.0. The summed E-state index contributed by atoms with van der Waals surface area (Å²) in [6, 6.07) is 3.63. The first-order chi connectivity index (χ1) is 13.7. The molecule has 1 amide bonds. The SMILES string of the molecule is Cc1ncc2c(c1-c1noc([C@@H]3CCOC3)n1)CCN(C(=O)c1ccc[nH]1)C2. The molecule has 2 aliphatic rings. The van der Waals surface area contributed by atoms with Crippen LogP contribution in [0.1, 0.15) is 45.5 Å². The van der Waals surface area contributed by atoms with Crippen LogP contribution in [0.2, 0.25) is 0 Å². The van der Waals surface area contributed by atoms with Crippen LogP contribution >= 0.6 is 0 Å². The Bertz CT molecular complexity index is 1010. The minimum absolute atomic E-state index is 0.000792. The van der Waals surface area contributed by atoms with Crippen LogP contribution in [0.15, 0.2) is 29.0 Å². The molecule has 1 fully saturated rings. The number of H-pyrrole nitrogens is 1. The van der Waals surface area contributed by atoms with Gasteiger partial charge in [0.2, 0.25) is 11.7 Å². The Labute approximate surface area is 161 Å². The van der Waals surface area contributed by atoms with Crippen molar-refractivity contribution in [1.29, 1.82) is 0 Å². The molecule has 0 aromatic carbocycles. The summed E-state index contributed by atoms with van der Waals surface area (Å²) in [4.78, 5) is 26.7. The van der Waals surface area contributed by atoms with Crippen molar-refractivity contribution in [2.75, 3.05) is 19.8 Å². The number of pyridine rings is 1. The van der Waals surface area contributed by atoms with Crippen molar-refractivity contribution in [2.24, 2.45) is 0 Å². The highest BCUT2D eigenvalue weighted by molar-refractivity contribution is 5.92. The molecular formula is C20H21N5O3. The number of fused-ring (bicyclic) bond motifs is 1. The van der Waals surface area contributed by atoms with Crippen molar-refractivity contribution >= 4 is 5.91 Å². The summed E-state index contributed by atoms with van der Waals surface area (Å²) in [5, 5.41) is 4.23. The first-order valence-electron chi connectivity index (χ1n) is 9.52. The lowest BCUT2D eigenvalue weighted by atomic mass is 9.94. The molecule has 3 aromatic rings. The number of aromatic nitrogens is 4. The number of carbonyl (C=O) groups excluding carboxylic acids is 1. The highest BCUT2D eigenvalue weighted by Gasteiger charge is 2.29. The van der Waals surface area contributed by atoms with Gasteiger partial charge in [-0.25, -0.2) is 0 Å². The number of carbonyl (C=O) groups is 1. The van der Waals surface area contributed by atoms with Gasteiger partial charge in [0.25, 0.3) is 5.91 Å². The summed E-state index contributed by atoms with van der Waals surface area (Å²) in [6.07, 6.45) is 5.25. The molecule has 144 valence electrons. The van der Waals surface area contributed by atoms with Crippen molar-refractivity contribution in [3.63, 3.8) is 0 Å². The number of hydrogen-bond donors (Lipinski definition) is 1. The van der Waals surface area contributed by atoms with Crippen LogP contribution in [-0.4, -0.2) is 50.7 Å². The molecule has 5 rings (SSSR count). The molecular weight excluding hydrogens is 358 g/mol. The van der Waals surface area contributed by atoms with E-state index in [9.17, 15) is 4.79 Å². The maximum Gasteiger partial charge on any atom is 0.270 e. The van der Waals surface area contributed by atoms with Gasteiger partial charge in [-0.15, -0.1) is 0 Å². The van der Waals surface area contributed by atoms with Gasteiger partial charge in [0, 0.05) is 43.3 Å². The van der Waals surface area contributed by atoms with E-state index in [1.807, 2.05) is 24.1 Å². The van der Waals surface area contributed by atoms with Gasteiger partial charge < -0.3 is 19.1 Å². The summed E-state index contributed by atoms with van der Waals surface area (Å²) in [5.74, 6) is 1.38. The topological polar surface area (TPSA) is 97.1 Å². The first kappa shape index (κ1) is 17.1. The van der Waals surface area contributed by atoms with Gasteiger partial charge in [-0.05, 0) is 43.0 Å². The number of aryl methyl sites for hydroxylation is 1. The molecule has 0 spiro atoms. The number of rotatable bonds is 3. The Kier molecular flexibility index (Phi) is 4.20. The Balaban J connectivity index is 1.45. The first-order valence-corrected chi connectivity index (χ1v) is 9.52. The molecule has 0 saturated carbocycles. The summed E-state index contributed by atoms with van der Waals surface area (Å²) < 4.78 is 10.9. The average molecular weight is 379 g/mol. The number of nitrogens with one attached hydrogen (secondary N) is 1. The fourth-order valence-corrected chi connectivity index (χ4v) is 3.99. The predicted molar refractivity (Wildman–Crippen MR) is 99.7 cm³/mol. The highest BCUT2D eigenvalue weighted by Crippen LogP contribution is 2.32. The van der Waals surface area contributed by atoms with E-state index in [1.165, 1.54) is 0 Å². The van der Waals surface area contributed by atoms with Crippen LogP contribution in [0, 0.1) is 6.92 Å². The summed E-state index contributed by atoms with van der Waals surface area (Å²) in [5.41, 5.74) is 4.59. The molecule has 28 heavy (non-hydrogen) atoms. The van der Waals surface area contributed by atoms with Gasteiger partial charge >= 0.3 is 0 Å². The van der Waals surface area contributed by atoms with Crippen LogP contribution in [0.5, 0.6) is 0 Å². The highest BCUT2D eigenvalue weighted by atomic mass is 16.5. The van der Waals surface area contributed by atoms with Gasteiger partial charge in [0.05, 0.1) is 12.5 Å². The number of ether oxygens (including phenoxy) is 1. The van der Waals surface area contributed by atoms with E-state index in [-0.39, 0.29) is 11.8 Å². The smallest absolute Gasteiger partial charge is 0.270 e. The minimum atomic E-state index is 0.000792. The average Bonchev–Trinajstić information content (AvgIpc) is 3.49. The molecule has 8 heteroatoms. The summed E-state index contributed by atoms with van der Waals surface area (Å²) in [7, 11) is 0. The third kappa shape index (κ3) is 2.90. The number of nitrogens with zero attached hydrogens (tertiary/aromatic N) is 4. The third-order valence-electron chi connectivity index (χ3n) is 5.52. The van der Waals surface area contributed by atoms with Gasteiger partial charge in [0.15, 0.2) is 0 Å². The molecule has 2 aliphatic heterocycles. The third-order valence-corrected chi connectivity index (χ3v) is 5.52. The van der Waals surface area contributed by atoms with Crippen LogP contribution in [0.4, 0.5) is 0 Å². The quantitative estimate of drug-likeness (QED) is 0.751. The second-order valence-electron chi connectivity index (χ2n) is 7.30. The van der Waals surface area contributed by atoms with Crippen molar-refractivity contribution in [3.05, 3.63) is 52.9 Å². The van der Waals surface area contributed by atoms with Gasteiger partial charge in [-0.1, -0.05) is 5.16 Å². The molecule has 8 nitrogen and oxygen atoms in total. The van der Waals surface area contributed by atoms with Crippen LogP contribution in [0.25, 0.3) is 11.4 Å². The standard InChI is InChI=1S/C20H21N5O3/c1-12-17(18-23-19(28-24-18)13-5-8-27-11-13)15-4-7-25(10-14(15)9-22-12)20(26)16-3-2-6-21-16/h2-3,6,9,13,21H,4-5,7-8,10-11H2,1H3/t13-/m1/s1. The van der Waals surface area contributed by atoms with Gasteiger partial charge in [-0.2, -0.15) is 4.98 Å². The predicted octanol–water partition coefficient (Wildman–Crippen LogP) is 2.47. The zero-order chi connectivity index (χ0) is 19.1. The molecule has 0 unspecified atom stereocenters. The lowest BCUT2D eigenvalue weighted by Crippen LogP contribution is -2.36. The van der Waals surface area contributed by atoms with E-state index in [0.717, 1.165) is 41.8 Å². The van der Waals surface area contributed by atoms with Crippen molar-refractivity contribution in [1.82, 2.24) is 25.0 Å². The van der Waals surface area contributed by atoms with E-state index in [0.29, 0.717) is 37.1 Å². The fourth-order valence-electron chi connectivity index (χ4n) is 3.99. The van der Waals surface area contributed by atoms with Gasteiger partial charge in [-0.3, -0.25) is 9.78 Å². The molecule has 0 radical (unpaired) electrons. The van der Waals surface area contributed by atoms with Crippen LogP contribution in [-0.2, 0) is 17.7 Å². The van der Waals surface area contributed by atoms with E-state index < -0.39 is 0 Å². The fraction of sp³-hybridized carbons (Fsp3) is 0.400. The van der Waals surface area contributed by atoms with E-state index in [2.05, 4.69) is 20.1 Å². The summed E-state index contributed by atoms with van der Waals surface area (Å²) >= 11 is 0. The maximum atomic E-state index is 12.7. The molecule has 1 N–H and O–H groups in total. The molecule has 0 aliphatic carbocycles. The minimum Gasteiger partial charge on any atom is -0.381 e. The monoisotopic (exact) mass is 379 g/mol. The lowest BCUT2D eigenvalue weighted by Gasteiger charge is -2.29. The maximum absolute atomic E-state index is 12.7. The second-order valence-corrected chi connectivity index (χ2v) is 7.30. The summed E-state index contributed by atoms with van der Waals surface area (Å²) in [6.45, 7) is 4.48. The molecule has 1 atom stereocenters. The number of hydrogen-bond acceptors (Lipinski definition) is 6. The van der Waals surface area contributed by atoms with Crippen molar-refractivity contribution in [3.8, 4) is 11.4 Å². The second kappa shape index (κ2) is 6.87. The zero-order valence-electron chi connectivity index (χ0n) is 15.6. The Morgan fingerprint density at radius 2 is 2.32 bits per heavy atom. The molecule has 5 heterocycles. The van der Waals surface area contributed by atoms with E-state index >= 15 is 0 Å². The van der Waals surface area contributed by atoms with Crippen molar-refractivity contribution in [2.45, 2.75) is 32.2 Å². The van der Waals surface area contributed by atoms with Gasteiger partial charge in [0.1, 0.15) is 5.69 Å². The van der Waals surface area contributed by atoms with E-state index in [4.69, 9.17) is 9.26 Å². The molecule has 0 bridgehead atoms. The van der Waals surface area contributed by atoms with Crippen LogP contribution < -0.4 is 0 Å². The van der Waals surface area contributed by atoms with Crippen molar-refractivity contribution < 1.29 is 14.1 Å². The number of aromatic amines is 1. The number of amides is 1. The Morgan fingerprint density at radius 3 is 3.11 bits per heavy atom. The Hall–Kier alpha value is -3.00. The molecule has 1 saturated heterocycles.